The van der Waals surface area contributed by atoms with Crippen molar-refractivity contribution in [1.29, 1.82) is 0 Å². The summed E-state index contributed by atoms with van der Waals surface area (Å²) in [7, 11) is 0. The van der Waals surface area contributed by atoms with Gasteiger partial charge in [-0.1, -0.05) is 6.92 Å². The molecule has 2 rings (SSSR count). The van der Waals surface area contributed by atoms with Crippen LogP contribution in [0.1, 0.15) is 44.8 Å². The molecule has 4 heteroatoms. The maximum absolute atomic E-state index is 6.06. The number of nitrogens with zero attached hydrogens (tertiary/aromatic N) is 2. The molecule has 2 N–H and O–H groups in total. The summed E-state index contributed by atoms with van der Waals surface area (Å²) in [6, 6.07) is 0.0764. The van der Waals surface area contributed by atoms with Crippen molar-refractivity contribution >= 4 is 0 Å². The van der Waals surface area contributed by atoms with E-state index in [1.54, 1.807) is 0 Å². The van der Waals surface area contributed by atoms with Crippen molar-refractivity contribution in [1.82, 2.24) is 9.55 Å². The number of nitrogens with two attached hydrogens (primary N) is 1. The van der Waals surface area contributed by atoms with E-state index in [1.165, 1.54) is 0 Å². The van der Waals surface area contributed by atoms with Gasteiger partial charge in [-0.3, -0.25) is 0 Å². The molecule has 1 aromatic rings. The first-order valence-electron chi connectivity index (χ1n) is 6.04. The summed E-state index contributed by atoms with van der Waals surface area (Å²) in [4.78, 5) is 4.19. The molecule has 0 spiro atoms. The lowest BCUT2D eigenvalue weighted by atomic mass is 10.0. The zero-order valence-corrected chi connectivity index (χ0v) is 10.1. The van der Waals surface area contributed by atoms with E-state index < -0.39 is 0 Å². The number of ether oxygens (including phenoxy) is 1. The largest absolute Gasteiger partial charge is 0.373 e. The lowest BCUT2D eigenvalue weighted by Gasteiger charge is -2.25. The highest BCUT2D eigenvalue weighted by Gasteiger charge is 2.30. The molecule has 1 aromatic heterocycles. The van der Waals surface area contributed by atoms with Crippen LogP contribution >= 0.6 is 0 Å². The number of aromatic nitrogens is 2. The Labute approximate surface area is 96.8 Å². The highest BCUT2D eigenvalue weighted by molar-refractivity contribution is 5.05. The first-order valence-corrected chi connectivity index (χ1v) is 6.04. The summed E-state index contributed by atoms with van der Waals surface area (Å²) < 4.78 is 7.93. The van der Waals surface area contributed by atoms with Gasteiger partial charge >= 0.3 is 0 Å². The molecule has 0 bridgehead atoms. The summed E-state index contributed by atoms with van der Waals surface area (Å²) in [6.45, 7) is 5.99. The molecular weight excluding hydrogens is 202 g/mol. The predicted molar refractivity (Wildman–Crippen MR) is 63.0 cm³/mol. The van der Waals surface area contributed by atoms with Crippen molar-refractivity contribution in [3.05, 3.63) is 18.2 Å². The Balaban J connectivity index is 2.12. The monoisotopic (exact) mass is 223 g/mol. The Morgan fingerprint density at radius 1 is 1.69 bits per heavy atom. The van der Waals surface area contributed by atoms with Gasteiger partial charge in [-0.2, -0.15) is 0 Å². The fourth-order valence-electron chi connectivity index (χ4n) is 2.30. The third-order valence-corrected chi connectivity index (χ3v) is 3.37. The molecule has 16 heavy (non-hydrogen) atoms. The van der Waals surface area contributed by atoms with Gasteiger partial charge < -0.3 is 15.0 Å². The van der Waals surface area contributed by atoms with Crippen LogP contribution in [0.15, 0.2) is 12.5 Å². The Morgan fingerprint density at radius 3 is 3.12 bits per heavy atom. The fourth-order valence-corrected chi connectivity index (χ4v) is 2.30. The van der Waals surface area contributed by atoms with Gasteiger partial charge in [0.15, 0.2) is 0 Å². The maximum atomic E-state index is 6.06. The van der Waals surface area contributed by atoms with E-state index in [-0.39, 0.29) is 11.6 Å². The van der Waals surface area contributed by atoms with Crippen LogP contribution < -0.4 is 5.73 Å². The summed E-state index contributed by atoms with van der Waals surface area (Å²) >= 11 is 0. The molecule has 0 amide bonds. The van der Waals surface area contributed by atoms with Crippen molar-refractivity contribution in [3.63, 3.8) is 0 Å². The third kappa shape index (κ3) is 2.28. The van der Waals surface area contributed by atoms with Gasteiger partial charge in [0.1, 0.15) is 0 Å². The van der Waals surface area contributed by atoms with Gasteiger partial charge in [-0.25, -0.2) is 4.98 Å². The molecule has 0 saturated carbocycles. The standard InChI is InChI=1S/C12H21N3O/c1-3-10(13)11-7-14-9-15(11)8-12(2)5-4-6-16-12/h7,9-10H,3-6,8,13H2,1-2H3/t10-,12?/m1/s1. The Kier molecular flexibility index (Phi) is 3.30. The zero-order valence-electron chi connectivity index (χ0n) is 10.1. The minimum absolute atomic E-state index is 0.0388. The van der Waals surface area contributed by atoms with Crippen molar-refractivity contribution < 1.29 is 4.74 Å². The van der Waals surface area contributed by atoms with Crippen molar-refractivity contribution in [3.8, 4) is 0 Å². The predicted octanol–water partition coefficient (Wildman–Crippen LogP) is 1.86. The van der Waals surface area contributed by atoms with E-state index in [9.17, 15) is 0 Å². The average Bonchev–Trinajstić information content (AvgIpc) is 2.87. The smallest absolute Gasteiger partial charge is 0.0949 e. The first kappa shape index (κ1) is 11.6. The van der Waals surface area contributed by atoms with Crippen LogP contribution in [0.25, 0.3) is 0 Å². The normalized spacial score (nSPS) is 27.2. The second-order valence-electron chi connectivity index (χ2n) is 4.86. The molecule has 1 fully saturated rings. The SMILES string of the molecule is CC[C@@H](N)c1cncn1CC1(C)CCCO1. The Bertz CT molecular complexity index is 342. The fraction of sp³-hybridized carbons (Fsp3) is 0.750. The number of rotatable bonds is 4. The van der Waals surface area contributed by atoms with Crippen LogP contribution in [0.4, 0.5) is 0 Å². The van der Waals surface area contributed by atoms with Crippen LogP contribution in [0.2, 0.25) is 0 Å². The molecular formula is C12H21N3O. The topological polar surface area (TPSA) is 53.1 Å². The quantitative estimate of drug-likeness (QED) is 0.847. The van der Waals surface area contributed by atoms with Gasteiger partial charge in [0.25, 0.3) is 0 Å². The minimum Gasteiger partial charge on any atom is -0.373 e. The summed E-state index contributed by atoms with van der Waals surface area (Å²) in [5.41, 5.74) is 7.13. The van der Waals surface area contributed by atoms with E-state index in [0.717, 1.165) is 38.1 Å². The van der Waals surface area contributed by atoms with Crippen LogP contribution in [-0.4, -0.2) is 21.8 Å². The molecule has 1 aliphatic rings. The van der Waals surface area contributed by atoms with Crippen molar-refractivity contribution in [2.24, 2.45) is 5.73 Å². The Hall–Kier alpha value is -0.870. The van der Waals surface area contributed by atoms with Crippen LogP contribution in [0.5, 0.6) is 0 Å². The van der Waals surface area contributed by atoms with Crippen LogP contribution in [-0.2, 0) is 11.3 Å². The zero-order chi connectivity index (χ0) is 11.6. The third-order valence-electron chi connectivity index (χ3n) is 3.37. The van der Waals surface area contributed by atoms with Crippen molar-refractivity contribution in [2.45, 2.75) is 51.3 Å². The van der Waals surface area contributed by atoms with E-state index in [2.05, 4.69) is 23.4 Å². The molecule has 1 unspecified atom stereocenters. The molecule has 2 heterocycles. The van der Waals surface area contributed by atoms with E-state index in [1.807, 2.05) is 12.5 Å². The lowest BCUT2D eigenvalue weighted by Crippen LogP contribution is -2.31. The van der Waals surface area contributed by atoms with E-state index >= 15 is 0 Å². The molecule has 0 aliphatic carbocycles. The molecule has 4 nitrogen and oxygen atoms in total. The van der Waals surface area contributed by atoms with Crippen LogP contribution in [0.3, 0.4) is 0 Å². The van der Waals surface area contributed by atoms with Crippen LogP contribution in [0, 0.1) is 0 Å². The Morgan fingerprint density at radius 2 is 2.50 bits per heavy atom. The van der Waals surface area contributed by atoms with Gasteiger partial charge in [-0.05, 0) is 26.2 Å². The number of hydrogen-bond donors (Lipinski definition) is 1. The molecule has 90 valence electrons. The van der Waals surface area contributed by atoms with Gasteiger partial charge in [0.05, 0.1) is 24.2 Å². The average molecular weight is 223 g/mol. The molecule has 1 aliphatic heterocycles. The summed E-state index contributed by atoms with van der Waals surface area (Å²) in [5, 5.41) is 0. The molecule has 1 saturated heterocycles. The van der Waals surface area contributed by atoms with Gasteiger partial charge in [0.2, 0.25) is 0 Å². The van der Waals surface area contributed by atoms with Gasteiger partial charge in [-0.15, -0.1) is 0 Å². The van der Waals surface area contributed by atoms with E-state index in [0.29, 0.717) is 0 Å². The molecule has 0 aromatic carbocycles. The maximum Gasteiger partial charge on any atom is 0.0949 e. The number of imidazole rings is 1. The number of hydrogen-bond acceptors (Lipinski definition) is 3. The van der Waals surface area contributed by atoms with Gasteiger partial charge in [0, 0.05) is 18.8 Å². The summed E-state index contributed by atoms with van der Waals surface area (Å²) in [6.07, 6.45) is 6.93. The van der Waals surface area contributed by atoms with E-state index in [4.69, 9.17) is 10.5 Å². The first-order chi connectivity index (χ1) is 7.64. The minimum atomic E-state index is -0.0388. The molecule has 0 radical (unpaired) electrons. The highest BCUT2D eigenvalue weighted by atomic mass is 16.5. The highest BCUT2D eigenvalue weighted by Crippen LogP contribution is 2.28. The van der Waals surface area contributed by atoms with Crippen molar-refractivity contribution in [2.75, 3.05) is 6.61 Å². The summed E-state index contributed by atoms with van der Waals surface area (Å²) in [5.74, 6) is 0. The second kappa shape index (κ2) is 4.55. The lowest BCUT2D eigenvalue weighted by molar-refractivity contribution is 0.00548. The second-order valence-corrected chi connectivity index (χ2v) is 4.86. The molecule has 2 atom stereocenters.